The van der Waals surface area contributed by atoms with Crippen LogP contribution in [0.4, 0.5) is 14.5 Å². The third-order valence-electron chi connectivity index (χ3n) is 2.24. The first-order chi connectivity index (χ1) is 8.39. The van der Waals surface area contributed by atoms with Crippen molar-refractivity contribution in [1.29, 1.82) is 0 Å². The maximum Gasteiger partial charge on any atom is 0.287 e. The molecule has 0 radical (unpaired) electrons. The molecule has 0 bridgehead atoms. The lowest BCUT2D eigenvalue weighted by Crippen LogP contribution is -2.39. The number of carbonyl (C=O) groups excluding carboxylic acids is 1. The summed E-state index contributed by atoms with van der Waals surface area (Å²) in [6.07, 6.45) is 0. The van der Waals surface area contributed by atoms with Gasteiger partial charge in [0.15, 0.2) is 0 Å². The molecule has 0 fully saturated rings. The summed E-state index contributed by atoms with van der Waals surface area (Å²) in [5.74, 6) is -3.72. The first-order valence-corrected chi connectivity index (χ1v) is 5.10. The molecule has 0 saturated heterocycles. The molecule has 1 amide bonds. The number of ether oxygens (including phenoxy) is 1. The number of aliphatic hydroxyl groups is 1. The zero-order chi connectivity index (χ0) is 13.8. The Morgan fingerprint density at radius 3 is 2.78 bits per heavy atom. The summed E-state index contributed by atoms with van der Waals surface area (Å²) in [7, 11) is 1.41. The van der Waals surface area contributed by atoms with E-state index < -0.39 is 25.0 Å². The molecular weight excluding hydrogens is 246 g/mol. The molecule has 1 aromatic rings. The quantitative estimate of drug-likeness (QED) is 0.678. The molecule has 7 heteroatoms. The number of hydrogen-bond donors (Lipinski definition) is 3. The van der Waals surface area contributed by atoms with Gasteiger partial charge in [-0.1, -0.05) is 0 Å². The van der Waals surface area contributed by atoms with E-state index in [0.717, 1.165) is 0 Å². The van der Waals surface area contributed by atoms with Gasteiger partial charge in [0.2, 0.25) is 0 Å². The zero-order valence-corrected chi connectivity index (χ0v) is 9.74. The van der Waals surface area contributed by atoms with Gasteiger partial charge in [-0.3, -0.25) is 4.79 Å². The molecule has 0 unspecified atom stereocenters. The highest BCUT2D eigenvalue weighted by Gasteiger charge is 2.28. The van der Waals surface area contributed by atoms with Crippen molar-refractivity contribution in [3.63, 3.8) is 0 Å². The van der Waals surface area contributed by atoms with Gasteiger partial charge in [0, 0.05) is 5.69 Å². The minimum atomic E-state index is -3.36. The minimum absolute atomic E-state index is 0.0445. The molecule has 0 aliphatic rings. The van der Waals surface area contributed by atoms with Crippen LogP contribution in [0.3, 0.4) is 0 Å². The number of nitrogen functional groups attached to an aromatic ring is 1. The number of benzene rings is 1. The lowest BCUT2D eigenvalue weighted by atomic mass is 10.1. The fourth-order valence-corrected chi connectivity index (χ4v) is 1.22. The van der Waals surface area contributed by atoms with E-state index in [2.05, 4.69) is 0 Å². The second-order valence-corrected chi connectivity index (χ2v) is 3.65. The standard InChI is InChI=1S/C11H14F2N2O3/c1-18-7-2-3-9(14)8(4-7)10(17)15-5-11(12,13)6-16/h2-4,16H,5-6,14H2,1H3,(H,15,17). The highest BCUT2D eigenvalue weighted by molar-refractivity contribution is 5.99. The summed E-state index contributed by atoms with van der Waals surface area (Å²) < 4.78 is 30.4. The number of rotatable bonds is 5. The maximum atomic E-state index is 12.8. The van der Waals surface area contributed by atoms with Crippen LogP contribution in [0.2, 0.25) is 0 Å². The van der Waals surface area contributed by atoms with Gasteiger partial charge in [0.1, 0.15) is 12.4 Å². The van der Waals surface area contributed by atoms with E-state index in [0.29, 0.717) is 5.75 Å². The van der Waals surface area contributed by atoms with Crippen molar-refractivity contribution in [3.8, 4) is 5.75 Å². The number of hydrogen-bond acceptors (Lipinski definition) is 4. The SMILES string of the molecule is COc1ccc(N)c(C(=O)NCC(F)(F)CO)c1. The van der Waals surface area contributed by atoms with Crippen molar-refractivity contribution < 1.29 is 23.4 Å². The van der Waals surface area contributed by atoms with Crippen molar-refractivity contribution in [2.75, 3.05) is 26.0 Å². The van der Waals surface area contributed by atoms with Crippen molar-refractivity contribution in [2.45, 2.75) is 5.92 Å². The Bertz CT molecular complexity index is 438. The summed E-state index contributed by atoms with van der Waals surface area (Å²) in [4.78, 5) is 11.6. The van der Waals surface area contributed by atoms with E-state index >= 15 is 0 Å². The Kier molecular flexibility index (Phi) is 4.43. The molecule has 0 heterocycles. The molecule has 0 spiro atoms. The molecule has 1 rings (SSSR count). The Hall–Kier alpha value is -1.89. The van der Waals surface area contributed by atoms with Gasteiger partial charge in [-0.15, -0.1) is 0 Å². The van der Waals surface area contributed by atoms with Gasteiger partial charge < -0.3 is 20.9 Å². The Morgan fingerprint density at radius 1 is 1.56 bits per heavy atom. The molecule has 4 N–H and O–H groups in total. The van der Waals surface area contributed by atoms with Crippen LogP contribution in [-0.2, 0) is 0 Å². The summed E-state index contributed by atoms with van der Waals surface area (Å²) in [5.41, 5.74) is 5.76. The highest BCUT2D eigenvalue weighted by atomic mass is 19.3. The van der Waals surface area contributed by atoms with Crippen molar-refractivity contribution in [1.82, 2.24) is 5.32 Å². The van der Waals surface area contributed by atoms with E-state index in [1.54, 1.807) is 6.07 Å². The van der Waals surface area contributed by atoms with Crippen LogP contribution in [0.15, 0.2) is 18.2 Å². The third-order valence-corrected chi connectivity index (χ3v) is 2.24. The van der Waals surface area contributed by atoms with Crippen LogP contribution in [-0.4, -0.2) is 37.2 Å². The molecule has 1 aromatic carbocycles. The number of aliphatic hydroxyl groups excluding tert-OH is 1. The number of methoxy groups -OCH3 is 1. The molecule has 18 heavy (non-hydrogen) atoms. The summed E-state index contributed by atoms with van der Waals surface area (Å²) in [6, 6.07) is 4.34. The lowest BCUT2D eigenvalue weighted by molar-refractivity contribution is -0.0461. The molecule has 0 aliphatic carbocycles. The minimum Gasteiger partial charge on any atom is -0.497 e. The Labute approximate surface area is 103 Å². The first kappa shape index (κ1) is 14.2. The third kappa shape index (κ3) is 3.56. The summed E-state index contributed by atoms with van der Waals surface area (Å²) >= 11 is 0. The number of alkyl halides is 2. The second kappa shape index (κ2) is 5.63. The monoisotopic (exact) mass is 260 g/mol. The van der Waals surface area contributed by atoms with Gasteiger partial charge in [-0.2, -0.15) is 0 Å². The van der Waals surface area contributed by atoms with Crippen molar-refractivity contribution >= 4 is 11.6 Å². The molecule has 0 saturated carbocycles. The second-order valence-electron chi connectivity index (χ2n) is 3.65. The number of nitrogens with two attached hydrogens (primary N) is 1. The van der Waals surface area contributed by atoms with Crippen LogP contribution in [0.5, 0.6) is 5.75 Å². The van der Waals surface area contributed by atoms with Crippen LogP contribution >= 0.6 is 0 Å². The van der Waals surface area contributed by atoms with E-state index in [1.807, 2.05) is 5.32 Å². The van der Waals surface area contributed by atoms with Crippen LogP contribution in [0.25, 0.3) is 0 Å². The number of halogens is 2. The molecule has 5 nitrogen and oxygen atoms in total. The number of anilines is 1. The average Bonchev–Trinajstić information content (AvgIpc) is 2.36. The Morgan fingerprint density at radius 2 is 2.22 bits per heavy atom. The van der Waals surface area contributed by atoms with E-state index in [9.17, 15) is 13.6 Å². The molecular formula is C11H14F2N2O3. The van der Waals surface area contributed by atoms with E-state index in [-0.39, 0.29) is 11.3 Å². The molecule has 0 aromatic heterocycles. The average molecular weight is 260 g/mol. The van der Waals surface area contributed by atoms with E-state index in [1.165, 1.54) is 19.2 Å². The molecule has 0 atom stereocenters. The Balaban J connectivity index is 2.78. The van der Waals surface area contributed by atoms with Crippen LogP contribution in [0, 0.1) is 0 Å². The highest BCUT2D eigenvalue weighted by Crippen LogP contribution is 2.19. The van der Waals surface area contributed by atoms with Gasteiger partial charge in [-0.25, -0.2) is 8.78 Å². The summed E-state index contributed by atoms with van der Waals surface area (Å²) in [6.45, 7) is -2.29. The normalized spacial score (nSPS) is 11.1. The number of carbonyl (C=O) groups is 1. The predicted molar refractivity (Wildman–Crippen MR) is 61.8 cm³/mol. The topological polar surface area (TPSA) is 84.6 Å². The first-order valence-electron chi connectivity index (χ1n) is 5.10. The molecule has 100 valence electrons. The van der Waals surface area contributed by atoms with Gasteiger partial charge in [-0.05, 0) is 18.2 Å². The van der Waals surface area contributed by atoms with Gasteiger partial charge in [0.25, 0.3) is 11.8 Å². The predicted octanol–water partition coefficient (Wildman–Crippen LogP) is 0.635. The fraction of sp³-hybridized carbons (Fsp3) is 0.364. The fourth-order valence-electron chi connectivity index (χ4n) is 1.22. The van der Waals surface area contributed by atoms with Gasteiger partial charge >= 0.3 is 0 Å². The summed E-state index contributed by atoms with van der Waals surface area (Å²) in [5, 5.41) is 10.4. The smallest absolute Gasteiger partial charge is 0.287 e. The van der Waals surface area contributed by atoms with Crippen LogP contribution in [0.1, 0.15) is 10.4 Å². The van der Waals surface area contributed by atoms with Crippen LogP contribution < -0.4 is 15.8 Å². The zero-order valence-electron chi connectivity index (χ0n) is 9.74. The van der Waals surface area contributed by atoms with Crippen molar-refractivity contribution in [2.24, 2.45) is 0 Å². The largest absolute Gasteiger partial charge is 0.497 e. The molecule has 0 aliphatic heterocycles. The number of nitrogens with one attached hydrogen (secondary N) is 1. The van der Waals surface area contributed by atoms with Gasteiger partial charge in [0.05, 0.1) is 19.2 Å². The maximum absolute atomic E-state index is 12.8. The lowest BCUT2D eigenvalue weighted by Gasteiger charge is -2.14. The number of amides is 1. The van der Waals surface area contributed by atoms with E-state index in [4.69, 9.17) is 15.6 Å². The van der Waals surface area contributed by atoms with Crippen molar-refractivity contribution in [3.05, 3.63) is 23.8 Å².